The molecule has 12 heteroatoms. The van der Waals surface area contributed by atoms with Crippen molar-refractivity contribution >= 4 is 5.97 Å². The number of hydrogen-bond donors (Lipinski definition) is 6. The molecule has 38 heavy (non-hydrogen) atoms. The first-order valence-corrected chi connectivity index (χ1v) is 12.0. The van der Waals surface area contributed by atoms with E-state index in [2.05, 4.69) is 0 Å². The molecule has 0 saturated carbocycles. The summed E-state index contributed by atoms with van der Waals surface area (Å²) in [5, 5.41) is 60.6. The number of phenolic OH excluding ortho intramolecular Hbond substituents is 2. The Morgan fingerprint density at radius 2 is 1.61 bits per heavy atom. The molecule has 0 aliphatic carbocycles. The van der Waals surface area contributed by atoms with Crippen LogP contribution < -0.4 is 9.47 Å². The van der Waals surface area contributed by atoms with Crippen LogP contribution in [0.4, 0.5) is 0 Å². The minimum absolute atomic E-state index is 0.0516. The Bertz CT molecular complexity index is 1120. The zero-order valence-electron chi connectivity index (χ0n) is 20.8. The van der Waals surface area contributed by atoms with E-state index in [0.717, 1.165) is 0 Å². The van der Waals surface area contributed by atoms with Gasteiger partial charge in [-0.2, -0.15) is 0 Å². The van der Waals surface area contributed by atoms with E-state index in [-0.39, 0.29) is 36.0 Å². The third-order valence-electron chi connectivity index (χ3n) is 6.99. The highest BCUT2D eigenvalue weighted by Crippen LogP contribution is 2.42. The molecule has 8 atom stereocenters. The number of aliphatic hydroxyl groups is 4. The maximum Gasteiger partial charge on any atom is 0.309 e. The van der Waals surface area contributed by atoms with Gasteiger partial charge in [-0.15, -0.1) is 0 Å². The van der Waals surface area contributed by atoms with Gasteiger partial charge in [-0.25, -0.2) is 0 Å². The number of aliphatic hydroxyl groups excluding tert-OH is 4. The van der Waals surface area contributed by atoms with E-state index >= 15 is 0 Å². The van der Waals surface area contributed by atoms with Crippen molar-refractivity contribution in [2.75, 3.05) is 27.4 Å². The number of rotatable bonds is 9. The highest BCUT2D eigenvalue weighted by atomic mass is 16.7. The van der Waals surface area contributed by atoms with Crippen LogP contribution in [0.2, 0.25) is 0 Å². The van der Waals surface area contributed by atoms with Crippen LogP contribution in [-0.2, 0) is 25.4 Å². The number of cyclic esters (lactones) is 1. The first-order chi connectivity index (χ1) is 18.2. The van der Waals surface area contributed by atoms with Gasteiger partial charge in [0.25, 0.3) is 0 Å². The Labute approximate surface area is 218 Å². The SMILES string of the molecule is COc1cc(C[C@H]2C(=O)OC[C@@H]2[C@H](O[C@@H]2O[C@H](CO)[C@@H](O)[C@H](O)[C@H]2O)c2ccc(O)c(OC)c2)ccc1O. The molecule has 0 bridgehead atoms. The van der Waals surface area contributed by atoms with Crippen LogP contribution in [-0.4, -0.2) is 94.7 Å². The lowest BCUT2D eigenvalue weighted by molar-refractivity contribution is -0.317. The molecule has 0 amide bonds. The summed E-state index contributed by atoms with van der Waals surface area (Å²) < 4.78 is 27.5. The Morgan fingerprint density at radius 3 is 2.26 bits per heavy atom. The minimum Gasteiger partial charge on any atom is -0.504 e. The van der Waals surface area contributed by atoms with Gasteiger partial charge in [-0.1, -0.05) is 12.1 Å². The monoisotopic (exact) mass is 536 g/mol. The zero-order chi connectivity index (χ0) is 27.6. The average molecular weight is 537 g/mol. The molecule has 2 aromatic carbocycles. The summed E-state index contributed by atoms with van der Waals surface area (Å²) in [4.78, 5) is 12.9. The molecule has 2 aliphatic rings. The second kappa shape index (κ2) is 11.7. The number of benzene rings is 2. The molecule has 12 nitrogen and oxygen atoms in total. The Kier molecular flexibility index (Phi) is 8.61. The summed E-state index contributed by atoms with van der Waals surface area (Å²) in [5.41, 5.74) is 1.14. The lowest BCUT2D eigenvalue weighted by atomic mass is 9.82. The van der Waals surface area contributed by atoms with Crippen molar-refractivity contribution in [3.8, 4) is 23.0 Å². The highest BCUT2D eigenvalue weighted by molar-refractivity contribution is 5.75. The number of phenols is 2. The molecule has 4 rings (SSSR count). The first kappa shape index (κ1) is 27.9. The van der Waals surface area contributed by atoms with Gasteiger partial charge in [0, 0.05) is 5.92 Å². The standard InChI is InChI=1S/C26H32O12/c1-34-18-8-12(3-5-16(18)28)7-14-15(11-36-25(14)33)24(13-4-6-17(29)19(9-13)35-2)38-26-23(32)22(31)21(30)20(10-27)37-26/h3-6,8-9,14-15,20-24,26-32H,7,10-11H2,1-2H3/t14-,15+,20-,21-,22+,23-,24-,26+/m1/s1. The Morgan fingerprint density at radius 1 is 0.947 bits per heavy atom. The number of methoxy groups -OCH3 is 2. The molecule has 2 aromatic rings. The summed E-state index contributed by atoms with van der Waals surface area (Å²) in [7, 11) is 2.78. The fourth-order valence-corrected chi connectivity index (χ4v) is 4.83. The van der Waals surface area contributed by atoms with Crippen LogP contribution in [0.25, 0.3) is 0 Å². The normalized spacial score (nSPS) is 30.1. The molecule has 2 saturated heterocycles. The van der Waals surface area contributed by atoms with Gasteiger partial charge in [0.2, 0.25) is 0 Å². The van der Waals surface area contributed by atoms with Gasteiger partial charge in [-0.05, 0) is 41.8 Å². The largest absolute Gasteiger partial charge is 0.504 e. The van der Waals surface area contributed by atoms with Gasteiger partial charge in [0.15, 0.2) is 29.3 Å². The second-order valence-electron chi connectivity index (χ2n) is 9.30. The fourth-order valence-electron chi connectivity index (χ4n) is 4.83. The summed E-state index contributed by atoms with van der Waals surface area (Å²) in [6.07, 6.45) is -8.38. The molecule has 0 aromatic heterocycles. The lowest BCUT2D eigenvalue weighted by Crippen LogP contribution is -2.59. The first-order valence-electron chi connectivity index (χ1n) is 12.0. The smallest absolute Gasteiger partial charge is 0.309 e. The van der Waals surface area contributed by atoms with Crippen LogP contribution in [0, 0.1) is 11.8 Å². The van der Waals surface area contributed by atoms with E-state index < -0.39 is 61.2 Å². The van der Waals surface area contributed by atoms with Crippen molar-refractivity contribution in [2.45, 2.75) is 43.2 Å². The summed E-state index contributed by atoms with van der Waals surface area (Å²) in [5.74, 6) is -1.67. The number of carbonyl (C=O) groups excluding carboxylic acids is 1. The topological polar surface area (TPSA) is 185 Å². The molecule has 0 radical (unpaired) electrons. The van der Waals surface area contributed by atoms with E-state index in [0.29, 0.717) is 11.1 Å². The van der Waals surface area contributed by atoms with Crippen LogP contribution in [0.15, 0.2) is 36.4 Å². The molecule has 2 heterocycles. The molecule has 2 aliphatic heterocycles. The van der Waals surface area contributed by atoms with E-state index in [9.17, 15) is 35.4 Å². The Hall–Kier alpha value is -3.13. The predicted octanol–water partition coefficient (Wildman–Crippen LogP) is 0.00450. The van der Waals surface area contributed by atoms with Crippen molar-refractivity contribution in [2.24, 2.45) is 11.8 Å². The number of esters is 1. The third kappa shape index (κ3) is 5.51. The van der Waals surface area contributed by atoms with E-state index in [1.807, 2.05) is 0 Å². The molecule has 0 spiro atoms. The Balaban J connectivity index is 1.69. The number of carbonyl (C=O) groups is 1. The summed E-state index contributed by atoms with van der Waals surface area (Å²) in [6.45, 7) is -0.692. The molecule has 2 fully saturated rings. The maximum atomic E-state index is 12.9. The maximum absolute atomic E-state index is 12.9. The number of ether oxygens (including phenoxy) is 5. The van der Waals surface area contributed by atoms with E-state index in [1.165, 1.54) is 32.4 Å². The number of aromatic hydroxyl groups is 2. The van der Waals surface area contributed by atoms with Crippen LogP contribution in [0.5, 0.6) is 23.0 Å². The van der Waals surface area contributed by atoms with E-state index in [4.69, 9.17) is 23.7 Å². The third-order valence-corrected chi connectivity index (χ3v) is 6.99. The van der Waals surface area contributed by atoms with Crippen molar-refractivity contribution < 1.29 is 59.1 Å². The predicted molar refractivity (Wildman–Crippen MR) is 129 cm³/mol. The van der Waals surface area contributed by atoms with Gasteiger partial charge >= 0.3 is 5.97 Å². The van der Waals surface area contributed by atoms with Gasteiger partial charge in [-0.3, -0.25) is 4.79 Å². The van der Waals surface area contributed by atoms with Crippen LogP contribution in [0.3, 0.4) is 0 Å². The minimum atomic E-state index is -1.67. The van der Waals surface area contributed by atoms with Crippen molar-refractivity contribution in [1.29, 1.82) is 0 Å². The quantitative estimate of drug-likeness (QED) is 0.236. The van der Waals surface area contributed by atoms with Crippen molar-refractivity contribution in [3.63, 3.8) is 0 Å². The average Bonchev–Trinajstić information content (AvgIpc) is 3.27. The van der Waals surface area contributed by atoms with Gasteiger partial charge < -0.3 is 54.3 Å². The van der Waals surface area contributed by atoms with E-state index in [1.54, 1.807) is 18.2 Å². The molecule has 208 valence electrons. The van der Waals surface area contributed by atoms with Crippen LogP contribution >= 0.6 is 0 Å². The van der Waals surface area contributed by atoms with Crippen LogP contribution in [0.1, 0.15) is 17.2 Å². The summed E-state index contributed by atoms with van der Waals surface area (Å²) in [6, 6.07) is 9.15. The van der Waals surface area contributed by atoms with Gasteiger partial charge in [0.05, 0.1) is 39.5 Å². The van der Waals surface area contributed by atoms with Gasteiger partial charge in [0.1, 0.15) is 24.4 Å². The second-order valence-corrected chi connectivity index (χ2v) is 9.30. The van der Waals surface area contributed by atoms with Crippen molar-refractivity contribution in [1.82, 2.24) is 0 Å². The molecule has 6 N–H and O–H groups in total. The molecular formula is C26H32O12. The van der Waals surface area contributed by atoms with Crippen molar-refractivity contribution in [3.05, 3.63) is 47.5 Å². The fraction of sp³-hybridized carbons (Fsp3) is 0.500. The molecular weight excluding hydrogens is 504 g/mol. The highest BCUT2D eigenvalue weighted by Gasteiger charge is 2.48. The zero-order valence-corrected chi connectivity index (χ0v) is 20.8. The number of hydrogen-bond acceptors (Lipinski definition) is 12. The lowest BCUT2D eigenvalue weighted by Gasteiger charge is -2.41. The summed E-state index contributed by atoms with van der Waals surface area (Å²) >= 11 is 0. The molecule has 0 unspecified atom stereocenters.